The summed E-state index contributed by atoms with van der Waals surface area (Å²) in [6.07, 6.45) is 4.40. The number of nitrogens with zero attached hydrogens (tertiary/aromatic N) is 4. The van der Waals surface area contributed by atoms with E-state index < -0.39 is 43.4 Å². The monoisotopic (exact) mass is 540 g/mol. The van der Waals surface area contributed by atoms with Crippen molar-refractivity contribution >= 4 is 36.8 Å². The second-order valence-electron chi connectivity index (χ2n) is 10.2. The largest absolute Gasteiger partial charge is 0.461 e. The van der Waals surface area contributed by atoms with Crippen LogP contribution in [0.1, 0.15) is 60.8 Å². The molecule has 0 aliphatic heterocycles. The maximum atomic E-state index is 14.1. The zero-order chi connectivity index (χ0) is 27.4. The molecule has 14 heteroatoms. The van der Waals surface area contributed by atoms with Crippen LogP contribution in [0.15, 0.2) is 12.7 Å². The number of imidazole rings is 1. The molecule has 0 spiro atoms. The molecule has 1 aliphatic carbocycles. The number of carbonyl (C=O) groups excluding carboxylic acids is 2. The minimum absolute atomic E-state index is 0.155. The van der Waals surface area contributed by atoms with Crippen molar-refractivity contribution in [2.24, 2.45) is 0 Å². The molecule has 3 atom stereocenters. The van der Waals surface area contributed by atoms with Crippen molar-refractivity contribution in [3.8, 4) is 0 Å². The third kappa shape index (κ3) is 7.55. The van der Waals surface area contributed by atoms with E-state index in [1.807, 2.05) is 0 Å². The van der Waals surface area contributed by atoms with E-state index >= 15 is 0 Å². The third-order valence-electron chi connectivity index (χ3n) is 5.71. The molecular formula is C23H37N6O7P. The summed E-state index contributed by atoms with van der Waals surface area (Å²) in [5.41, 5.74) is 5.45. The van der Waals surface area contributed by atoms with Gasteiger partial charge in [0.05, 0.1) is 25.1 Å². The highest BCUT2D eigenvalue weighted by atomic mass is 31.2. The van der Waals surface area contributed by atoms with Crippen molar-refractivity contribution in [3.05, 3.63) is 12.7 Å². The van der Waals surface area contributed by atoms with Gasteiger partial charge in [0.2, 0.25) is 5.79 Å². The first kappa shape index (κ1) is 29.1. The van der Waals surface area contributed by atoms with Crippen LogP contribution in [0.5, 0.6) is 0 Å². The van der Waals surface area contributed by atoms with E-state index in [0.29, 0.717) is 24.0 Å². The Kier molecular flexibility index (Phi) is 9.07. The van der Waals surface area contributed by atoms with Gasteiger partial charge >= 0.3 is 5.97 Å². The van der Waals surface area contributed by atoms with Crippen LogP contribution in [0.25, 0.3) is 11.2 Å². The van der Waals surface area contributed by atoms with Crippen molar-refractivity contribution in [3.63, 3.8) is 0 Å². The molecule has 0 amide bonds. The van der Waals surface area contributed by atoms with Crippen LogP contribution in [-0.4, -0.2) is 67.8 Å². The lowest BCUT2D eigenvalue weighted by Crippen LogP contribution is -2.50. The fourth-order valence-electron chi connectivity index (χ4n) is 3.76. The van der Waals surface area contributed by atoms with Crippen LogP contribution in [-0.2, 0) is 39.4 Å². The van der Waals surface area contributed by atoms with E-state index in [9.17, 15) is 14.2 Å². The lowest BCUT2D eigenvalue weighted by atomic mass is 9.96. The van der Waals surface area contributed by atoms with Crippen molar-refractivity contribution < 1.29 is 32.9 Å². The van der Waals surface area contributed by atoms with E-state index in [2.05, 4.69) is 20.0 Å². The summed E-state index contributed by atoms with van der Waals surface area (Å²) < 4.78 is 38.5. The van der Waals surface area contributed by atoms with Crippen LogP contribution in [0.4, 0.5) is 5.82 Å². The predicted octanol–water partition coefficient (Wildman–Crippen LogP) is 2.78. The first-order chi connectivity index (χ1) is 17.3. The maximum absolute atomic E-state index is 14.1. The maximum Gasteiger partial charge on any atom is 0.326 e. The molecule has 1 saturated carbocycles. The Balaban J connectivity index is 1.76. The number of aldehydes is 1. The highest BCUT2D eigenvalue weighted by Gasteiger charge is 2.44. The molecule has 0 bridgehead atoms. The zero-order valence-corrected chi connectivity index (χ0v) is 23.1. The van der Waals surface area contributed by atoms with Crippen LogP contribution in [0.3, 0.4) is 0 Å². The number of carbonyl (C=O) groups is 2. The molecule has 0 aromatic carbocycles. The molecule has 3 rings (SSSR count). The third-order valence-corrected chi connectivity index (χ3v) is 7.76. The second kappa shape index (κ2) is 11.5. The predicted molar refractivity (Wildman–Crippen MR) is 135 cm³/mol. The Morgan fingerprint density at radius 3 is 2.57 bits per heavy atom. The number of esters is 1. The minimum Gasteiger partial charge on any atom is -0.461 e. The fraction of sp³-hybridized carbons (Fsp3) is 0.696. The number of aromatic nitrogens is 4. The lowest BCUT2D eigenvalue weighted by Gasteiger charge is -2.36. The Morgan fingerprint density at radius 2 is 1.97 bits per heavy atom. The van der Waals surface area contributed by atoms with Crippen LogP contribution in [0, 0.1) is 0 Å². The smallest absolute Gasteiger partial charge is 0.326 e. The van der Waals surface area contributed by atoms with Crippen LogP contribution >= 0.6 is 7.52 Å². The molecule has 2 heterocycles. The van der Waals surface area contributed by atoms with Gasteiger partial charge in [-0.25, -0.2) is 20.0 Å². The Bertz CT molecular complexity index is 1150. The van der Waals surface area contributed by atoms with Crippen LogP contribution in [0.2, 0.25) is 0 Å². The summed E-state index contributed by atoms with van der Waals surface area (Å²) in [7, 11) is -4.02. The fourth-order valence-corrected chi connectivity index (χ4v) is 5.99. The molecule has 0 radical (unpaired) electrons. The van der Waals surface area contributed by atoms with Gasteiger partial charge in [0.1, 0.15) is 29.8 Å². The molecule has 0 saturated heterocycles. The topological polar surface area (TPSA) is 170 Å². The van der Waals surface area contributed by atoms with E-state index in [-0.39, 0.29) is 11.9 Å². The Hall–Kier alpha value is -2.44. The quantitative estimate of drug-likeness (QED) is 0.156. The number of nitrogens with two attached hydrogens (primary N) is 1. The number of fused-ring (bicyclic) bond motifs is 1. The highest BCUT2D eigenvalue weighted by Crippen LogP contribution is 2.49. The number of hydrogen-bond donors (Lipinski definition) is 2. The van der Waals surface area contributed by atoms with Gasteiger partial charge in [-0.2, -0.15) is 0 Å². The van der Waals surface area contributed by atoms with E-state index in [1.54, 1.807) is 31.7 Å². The zero-order valence-electron chi connectivity index (χ0n) is 22.2. The molecule has 1 fully saturated rings. The Morgan fingerprint density at radius 1 is 1.27 bits per heavy atom. The molecular weight excluding hydrogens is 503 g/mol. The number of rotatable bonds is 14. The molecule has 13 nitrogen and oxygen atoms in total. The molecule has 2 aromatic heterocycles. The van der Waals surface area contributed by atoms with E-state index in [1.165, 1.54) is 27.1 Å². The number of anilines is 1. The van der Waals surface area contributed by atoms with Crippen molar-refractivity contribution in [1.82, 2.24) is 24.6 Å². The molecule has 2 aromatic rings. The Labute approximate surface area is 216 Å². The van der Waals surface area contributed by atoms with E-state index in [4.69, 9.17) is 24.5 Å². The summed E-state index contributed by atoms with van der Waals surface area (Å²) in [5, 5.41) is 2.78. The summed E-state index contributed by atoms with van der Waals surface area (Å²) in [5.74, 6) is -2.16. The van der Waals surface area contributed by atoms with Gasteiger partial charge in [-0.3, -0.25) is 18.7 Å². The molecule has 3 N–H and O–H groups in total. The van der Waals surface area contributed by atoms with Crippen molar-refractivity contribution in [1.29, 1.82) is 0 Å². The second-order valence-corrected chi connectivity index (χ2v) is 12.2. The normalized spacial score (nSPS) is 18.7. The first-order valence-corrected chi connectivity index (χ1v) is 14.0. The van der Waals surface area contributed by atoms with Gasteiger partial charge in [0, 0.05) is 0 Å². The standard InChI is InChI=1S/C23H37N6O7P/c1-15(2)35-23(6,11-30)36-37(32,28-22(4,5)21(31)34-17-8-7-9-17)14-33-16(3)10-29-13-27-18-19(24)25-12-26-20(18)29/h11-13,15-17H,7-10,14H2,1-6H3,(H,28,32)(H2,24,25,26). The lowest BCUT2D eigenvalue weighted by molar-refractivity contribution is -0.187. The number of nitrogens with one attached hydrogen (secondary N) is 1. The average molecular weight is 541 g/mol. The number of ether oxygens (including phenoxy) is 3. The summed E-state index contributed by atoms with van der Waals surface area (Å²) in [6, 6.07) is 0. The highest BCUT2D eigenvalue weighted by molar-refractivity contribution is 7.56. The van der Waals surface area contributed by atoms with E-state index in [0.717, 1.165) is 19.3 Å². The van der Waals surface area contributed by atoms with Gasteiger partial charge in [0.25, 0.3) is 7.52 Å². The van der Waals surface area contributed by atoms with Crippen molar-refractivity contribution in [2.45, 2.75) is 97.0 Å². The first-order valence-electron chi connectivity index (χ1n) is 12.2. The molecule has 1 aliphatic rings. The SMILES string of the molecule is CC(C)OC(C)(C=O)OP(=O)(COC(C)Cn1cnc2c(N)ncnc21)NC(C)(C)C(=O)OC1CCC1. The van der Waals surface area contributed by atoms with Gasteiger partial charge in [-0.1, -0.05) is 0 Å². The average Bonchev–Trinajstić information content (AvgIpc) is 3.17. The number of nitrogen functional groups attached to an aromatic ring is 1. The number of hydrogen-bond acceptors (Lipinski definition) is 11. The molecule has 37 heavy (non-hydrogen) atoms. The summed E-state index contributed by atoms with van der Waals surface area (Å²) in [6.45, 7) is 9.93. The molecule has 206 valence electrons. The van der Waals surface area contributed by atoms with Crippen LogP contribution < -0.4 is 10.8 Å². The summed E-state index contributed by atoms with van der Waals surface area (Å²) in [4.78, 5) is 37.1. The van der Waals surface area contributed by atoms with Gasteiger partial charge in [-0.15, -0.1) is 0 Å². The minimum atomic E-state index is -4.02. The van der Waals surface area contributed by atoms with Gasteiger partial charge in [0.15, 0.2) is 17.8 Å². The van der Waals surface area contributed by atoms with Crippen molar-refractivity contribution in [2.75, 3.05) is 12.1 Å². The van der Waals surface area contributed by atoms with Gasteiger partial charge in [-0.05, 0) is 60.8 Å². The summed E-state index contributed by atoms with van der Waals surface area (Å²) >= 11 is 0. The van der Waals surface area contributed by atoms with Gasteiger partial charge < -0.3 is 24.5 Å². The molecule has 3 unspecified atom stereocenters.